The Labute approximate surface area is 117 Å². The van der Waals surface area contributed by atoms with Crippen LogP contribution < -0.4 is 10.6 Å². The highest BCUT2D eigenvalue weighted by Crippen LogP contribution is 2.04. The number of carbonyl (C=O) groups excluding carboxylic acids is 2. The van der Waals surface area contributed by atoms with Crippen LogP contribution in [0.1, 0.15) is 22.8 Å². The van der Waals surface area contributed by atoms with Crippen molar-refractivity contribution in [2.24, 2.45) is 0 Å². The lowest BCUT2D eigenvalue weighted by Crippen LogP contribution is -2.45. The Morgan fingerprint density at radius 2 is 2.20 bits per heavy atom. The van der Waals surface area contributed by atoms with E-state index in [0.29, 0.717) is 24.3 Å². The van der Waals surface area contributed by atoms with Gasteiger partial charge in [-0.3, -0.25) is 9.59 Å². The summed E-state index contributed by atoms with van der Waals surface area (Å²) in [5, 5.41) is 14.0. The number of ether oxygens (including phenoxy) is 1. The highest BCUT2D eigenvalue weighted by molar-refractivity contribution is 5.97. The zero-order valence-corrected chi connectivity index (χ0v) is 11.5. The van der Waals surface area contributed by atoms with Crippen LogP contribution in [0.5, 0.6) is 0 Å². The molecule has 0 aliphatic heterocycles. The number of nitrogens with zero attached hydrogens (tertiary/aromatic N) is 1. The highest BCUT2D eigenvalue weighted by atomic mass is 16.5. The monoisotopic (exact) mass is 275 g/mol. The molecule has 6 heteroatoms. The van der Waals surface area contributed by atoms with E-state index in [2.05, 4.69) is 10.6 Å². The van der Waals surface area contributed by atoms with Gasteiger partial charge < -0.3 is 15.4 Å². The average molecular weight is 275 g/mol. The first kappa shape index (κ1) is 15.7. The number of nitriles is 1. The number of nitrogens with one attached hydrogen (secondary N) is 2. The number of carbonyl (C=O) groups is 2. The van der Waals surface area contributed by atoms with Crippen LogP contribution in [0, 0.1) is 11.3 Å². The van der Waals surface area contributed by atoms with Gasteiger partial charge in [0.2, 0.25) is 5.91 Å². The smallest absolute Gasteiger partial charge is 0.251 e. The Hall–Kier alpha value is -2.39. The van der Waals surface area contributed by atoms with E-state index in [9.17, 15) is 9.59 Å². The summed E-state index contributed by atoms with van der Waals surface area (Å²) >= 11 is 0. The number of benzene rings is 1. The highest BCUT2D eigenvalue weighted by Gasteiger charge is 2.16. The maximum atomic E-state index is 11.9. The van der Waals surface area contributed by atoms with Gasteiger partial charge in [-0.05, 0) is 25.1 Å². The molecular weight excluding hydrogens is 258 g/mol. The molecule has 0 radical (unpaired) electrons. The zero-order valence-electron chi connectivity index (χ0n) is 11.5. The molecule has 1 aromatic rings. The van der Waals surface area contributed by atoms with E-state index in [1.807, 2.05) is 6.07 Å². The fraction of sp³-hybridized carbons (Fsp3) is 0.357. The maximum Gasteiger partial charge on any atom is 0.251 e. The molecule has 1 atom stereocenters. The third-order valence-electron chi connectivity index (χ3n) is 2.60. The van der Waals surface area contributed by atoms with Crippen LogP contribution in [0.4, 0.5) is 0 Å². The molecule has 1 aromatic carbocycles. The predicted molar refractivity (Wildman–Crippen MR) is 73.0 cm³/mol. The van der Waals surface area contributed by atoms with Gasteiger partial charge >= 0.3 is 0 Å². The molecule has 0 aliphatic carbocycles. The second-order valence-electron chi connectivity index (χ2n) is 4.17. The van der Waals surface area contributed by atoms with E-state index < -0.39 is 11.9 Å². The SMILES string of the molecule is COCCNC(=O)C(C)NC(=O)c1cccc(C#N)c1. The van der Waals surface area contributed by atoms with Gasteiger partial charge in [0.05, 0.1) is 18.2 Å². The van der Waals surface area contributed by atoms with Crippen molar-refractivity contribution in [3.8, 4) is 6.07 Å². The van der Waals surface area contributed by atoms with E-state index in [1.165, 1.54) is 6.07 Å². The van der Waals surface area contributed by atoms with E-state index in [0.717, 1.165) is 0 Å². The molecule has 0 heterocycles. The van der Waals surface area contributed by atoms with Gasteiger partial charge in [-0.2, -0.15) is 5.26 Å². The van der Waals surface area contributed by atoms with Crippen LogP contribution in [0.2, 0.25) is 0 Å². The number of hydrogen-bond donors (Lipinski definition) is 2. The van der Waals surface area contributed by atoms with Gasteiger partial charge in [-0.25, -0.2) is 0 Å². The standard InChI is InChI=1S/C14H17N3O3/c1-10(13(18)16-6-7-20-2)17-14(19)12-5-3-4-11(8-12)9-15/h3-5,8,10H,6-7H2,1-2H3,(H,16,18)(H,17,19). The van der Waals surface area contributed by atoms with Gasteiger partial charge in [0.15, 0.2) is 0 Å². The van der Waals surface area contributed by atoms with Crippen molar-refractivity contribution in [1.29, 1.82) is 5.26 Å². The van der Waals surface area contributed by atoms with Crippen LogP contribution in [-0.2, 0) is 9.53 Å². The Bertz CT molecular complexity index is 523. The molecule has 0 aliphatic rings. The molecule has 106 valence electrons. The first-order valence-corrected chi connectivity index (χ1v) is 6.16. The van der Waals surface area contributed by atoms with Crippen molar-refractivity contribution in [3.63, 3.8) is 0 Å². The molecular formula is C14H17N3O3. The summed E-state index contributed by atoms with van der Waals surface area (Å²) in [6, 6.07) is 7.59. The number of amides is 2. The molecule has 0 saturated carbocycles. The van der Waals surface area contributed by atoms with Crippen molar-refractivity contribution in [1.82, 2.24) is 10.6 Å². The summed E-state index contributed by atoms with van der Waals surface area (Å²) in [7, 11) is 1.54. The normalized spacial score (nSPS) is 11.2. The minimum Gasteiger partial charge on any atom is -0.383 e. The van der Waals surface area contributed by atoms with Crippen molar-refractivity contribution in [2.45, 2.75) is 13.0 Å². The Kier molecular flexibility index (Phi) is 6.20. The molecule has 2 amide bonds. The minimum atomic E-state index is -0.662. The second kappa shape index (κ2) is 7.92. The predicted octanol–water partition coefficient (Wildman–Crippen LogP) is 0.439. The van der Waals surface area contributed by atoms with Gasteiger partial charge in [0, 0.05) is 19.2 Å². The lowest BCUT2D eigenvalue weighted by Gasteiger charge is -2.14. The fourth-order valence-electron chi connectivity index (χ4n) is 1.50. The van der Waals surface area contributed by atoms with E-state index in [1.54, 1.807) is 32.2 Å². The van der Waals surface area contributed by atoms with Crippen LogP contribution in [0.15, 0.2) is 24.3 Å². The third-order valence-corrected chi connectivity index (χ3v) is 2.60. The van der Waals surface area contributed by atoms with Gasteiger partial charge in [-0.15, -0.1) is 0 Å². The van der Waals surface area contributed by atoms with Crippen LogP contribution in [0.3, 0.4) is 0 Å². The first-order chi connectivity index (χ1) is 9.58. The van der Waals surface area contributed by atoms with E-state index in [4.69, 9.17) is 10.00 Å². The second-order valence-corrected chi connectivity index (χ2v) is 4.17. The molecule has 0 aromatic heterocycles. The van der Waals surface area contributed by atoms with Gasteiger partial charge in [0.1, 0.15) is 6.04 Å². The summed E-state index contributed by atoms with van der Waals surface area (Å²) in [6.45, 7) is 2.39. The van der Waals surface area contributed by atoms with Crippen LogP contribution in [0.25, 0.3) is 0 Å². The number of methoxy groups -OCH3 is 1. The van der Waals surface area contributed by atoms with Crippen molar-refractivity contribution < 1.29 is 14.3 Å². The first-order valence-electron chi connectivity index (χ1n) is 6.16. The zero-order chi connectivity index (χ0) is 15.0. The summed E-state index contributed by atoms with van der Waals surface area (Å²) in [6.07, 6.45) is 0. The van der Waals surface area contributed by atoms with Crippen LogP contribution in [-0.4, -0.2) is 38.1 Å². The molecule has 0 fully saturated rings. The van der Waals surface area contributed by atoms with Crippen molar-refractivity contribution in [2.75, 3.05) is 20.3 Å². The van der Waals surface area contributed by atoms with E-state index in [-0.39, 0.29) is 5.91 Å². The molecule has 2 N–H and O–H groups in total. The lowest BCUT2D eigenvalue weighted by atomic mass is 10.1. The third kappa shape index (κ3) is 4.71. The van der Waals surface area contributed by atoms with Gasteiger partial charge in [-0.1, -0.05) is 6.07 Å². The molecule has 0 saturated heterocycles. The van der Waals surface area contributed by atoms with Gasteiger partial charge in [0.25, 0.3) is 5.91 Å². The minimum absolute atomic E-state index is 0.285. The summed E-state index contributed by atoms with van der Waals surface area (Å²) in [5.41, 5.74) is 0.746. The summed E-state index contributed by atoms with van der Waals surface area (Å²) in [5.74, 6) is -0.677. The average Bonchev–Trinajstić information content (AvgIpc) is 2.47. The molecule has 0 spiro atoms. The lowest BCUT2D eigenvalue weighted by molar-refractivity contribution is -0.122. The summed E-state index contributed by atoms with van der Waals surface area (Å²) < 4.78 is 4.82. The van der Waals surface area contributed by atoms with E-state index >= 15 is 0 Å². The van der Waals surface area contributed by atoms with Crippen LogP contribution >= 0.6 is 0 Å². The topological polar surface area (TPSA) is 91.2 Å². The Morgan fingerprint density at radius 1 is 1.45 bits per heavy atom. The molecule has 20 heavy (non-hydrogen) atoms. The molecule has 1 unspecified atom stereocenters. The fourth-order valence-corrected chi connectivity index (χ4v) is 1.50. The Morgan fingerprint density at radius 3 is 2.85 bits per heavy atom. The number of rotatable bonds is 6. The number of hydrogen-bond acceptors (Lipinski definition) is 4. The molecule has 1 rings (SSSR count). The quantitative estimate of drug-likeness (QED) is 0.737. The largest absolute Gasteiger partial charge is 0.383 e. The summed E-state index contributed by atoms with van der Waals surface area (Å²) in [4.78, 5) is 23.6. The molecule has 6 nitrogen and oxygen atoms in total. The van der Waals surface area contributed by atoms with Crippen molar-refractivity contribution >= 4 is 11.8 Å². The van der Waals surface area contributed by atoms with Crippen molar-refractivity contribution in [3.05, 3.63) is 35.4 Å². The molecule has 0 bridgehead atoms. The Balaban J connectivity index is 2.56. The maximum absolute atomic E-state index is 11.9.